The second-order valence-electron chi connectivity index (χ2n) is 2.68. The van der Waals surface area contributed by atoms with Crippen molar-refractivity contribution in [1.29, 1.82) is 0 Å². The smallest absolute Gasteiger partial charge is 0.215 e. The van der Waals surface area contributed by atoms with Crippen LogP contribution in [0.3, 0.4) is 0 Å². The highest BCUT2D eigenvalue weighted by Gasteiger charge is 2.09. The van der Waals surface area contributed by atoms with E-state index in [9.17, 15) is 9.18 Å². The van der Waals surface area contributed by atoms with E-state index in [4.69, 9.17) is 11.6 Å². The first-order valence-corrected chi connectivity index (χ1v) is 5.68. The zero-order valence-corrected chi connectivity index (χ0v) is 9.61. The maximum Gasteiger partial charge on any atom is 0.238 e. The van der Waals surface area contributed by atoms with Gasteiger partial charge in [-0.25, -0.2) is 9.18 Å². The summed E-state index contributed by atoms with van der Waals surface area (Å²) in [6.45, 7) is 2.00. The summed E-state index contributed by atoms with van der Waals surface area (Å²) >= 11 is 7.50. The van der Waals surface area contributed by atoms with Gasteiger partial charge in [0.25, 0.3) is 0 Å². The molecular weight excluding hydrogens is 237 g/mol. The number of rotatable bonds is 4. The van der Waals surface area contributed by atoms with Crippen molar-refractivity contribution in [1.82, 2.24) is 0 Å². The van der Waals surface area contributed by atoms with Crippen LogP contribution >= 0.6 is 23.4 Å². The van der Waals surface area contributed by atoms with Gasteiger partial charge in [0.2, 0.25) is 12.4 Å². The molecule has 0 aromatic heterocycles. The molecule has 5 heteroatoms. The largest absolute Gasteiger partial charge is 0.238 e. The lowest BCUT2D eigenvalue weighted by Gasteiger charge is -2.05. The molecule has 0 heterocycles. The number of aliphatic imine (C=N–C) groups is 1. The second kappa shape index (κ2) is 5.91. The second-order valence-corrected chi connectivity index (χ2v) is 4.39. The summed E-state index contributed by atoms with van der Waals surface area (Å²) in [4.78, 5) is 13.7. The molecule has 0 N–H and O–H groups in total. The van der Waals surface area contributed by atoms with Gasteiger partial charge in [0.15, 0.2) is 0 Å². The highest BCUT2D eigenvalue weighted by molar-refractivity contribution is 7.99. The van der Waals surface area contributed by atoms with Crippen LogP contribution in [0.2, 0.25) is 5.02 Å². The minimum Gasteiger partial charge on any atom is -0.215 e. The summed E-state index contributed by atoms with van der Waals surface area (Å²) in [5.74, 6) is 0.893. The predicted molar refractivity (Wildman–Crippen MR) is 59.8 cm³/mol. The highest BCUT2D eigenvalue weighted by atomic mass is 35.5. The molecule has 1 rings (SSSR count). The summed E-state index contributed by atoms with van der Waals surface area (Å²) in [5, 5.41) is 0.475. The molecule has 0 aliphatic carbocycles. The fourth-order valence-electron chi connectivity index (χ4n) is 1.06. The number of nitrogens with zero attached hydrogens (tertiary/aromatic N) is 1. The van der Waals surface area contributed by atoms with Gasteiger partial charge in [0.05, 0.1) is 5.02 Å². The van der Waals surface area contributed by atoms with E-state index in [0.29, 0.717) is 5.02 Å². The van der Waals surface area contributed by atoms with E-state index >= 15 is 0 Å². The van der Waals surface area contributed by atoms with Crippen LogP contribution in [-0.2, 0) is 4.79 Å². The van der Waals surface area contributed by atoms with E-state index < -0.39 is 6.30 Å². The molecule has 0 fully saturated rings. The van der Waals surface area contributed by atoms with Crippen molar-refractivity contribution in [2.24, 2.45) is 4.99 Å². The molecule has 0 aliphatic heterocycles. The quantitative estimate of drug-likeness (QED) is 0.350. The number of carbonyl (C=O) groups excluding carboxylic acids is 1. The molecule has 80 valence electrons. The summed E-state index contributed by atoms with van der Waals surface area (Å²) in [6.07, 6.45) is -0.503. The molecule has 0 spiro atoms. The number of alkyl halides is 1. The number of hydrogen-bond acceptors (Lipinski definition) is 3. The highest BCUT2D eigenvalue weighted by Crippen LogP contribution is 2.30. The van der Waals surface area contributed by atoms with Crippen LogP contribution in [0.25, 0.3) is 0 Å². The minimum atomic E-state index is -1.68. The molecule has 2 nitrogen and oxygen atoms in total. The molecular formula is C10H9ClFNOS. The van der Waals surface area contributed by atoms with Crippen LogP contribution < -0.4 is 0 Å². The Morgan fingerprint density at radius 1 is 1.67 bits per heavy atom. The lowest BCUT2D eigenvalue weighted by Crippen LogP contribution is -1.88. The van der Waals surface area contributed by atoms with E-state index in [1.54, 1.807) is 23.9 Å². The Balaban J connectivity index is 2.95. The molecule has 0 amide bonds. The zero-order valence-electron chi connectivity index (χ0n) is 8.04. The molecule has 1 unspecified atom stereocenters. The maximum atomic E-state index is 13.1. The fraction of sp³-hybridized carbons (Fsp3) is 0.300. The first-order valence-electron chi connectivity index (χ1n) is 4.32. The van der Waals surface area contributed by atoms with E-state index in [1.807, 2.05) is 6.92 Å². The zero-order chi connectivity index (χ0) is 11.3. The summed E-state index contributed by atoms with van der Waals surface area (Å²) in [5.41, 5.74) is 0.267. The van der Waals surface area contributed by atoms with E-state index in [1.165, 1.54) is 12.1 Å². The van der Waals surface area contributed by atoms with E-state index in [2.05, 4.69) is 4.99 Å². The first-order chi connectivity index (χ1) is 7.19. The standard InChI is InChI=1S/C10H9ClFNOS/c1-2-15-9-4-3-7(5-8(9)11)10(12)13-6-14/h3-5,10H,2H2,1H3. The minimum absolute atomic E-state index is 0.267. The Morgan fingerprint density at radius 3 is 2.93 bits per heavy atom. The lowest BCUT2D eigenvalue weighted by atomic mass is 10.2. The molecule has 0 bridgehead atoms. The van der Waals surface area contributed by atoms with E-state index in [0.717, 1.165) is 10.6 Å². The summed E-state index contributed by atoms with van der Waals surface area (Å²) < 4.78 is 13.1. The summed E-state index contributed by atoms with van der Waals surface area (Å²) in [6, 6.07) is 4.76. The van der Waals surface area contributed by atoms with Gasteiger partial charge < -0.3 is 0 Å². The average molecular weight is 246 g/mol. The van der Waals surface area contributed by atoms with Gasteiger partial charge in [0.1, 0.15) is 0 Å². The van der Waals surface area contributed by atoms with Gasteiger partial charge in [-0.05, 0) is 17.9 Å². The molecule has 1 aromatic rings. The third-order valence-corrected chi connectivity index (χ3v) is 3.08. The van der Waals surface area contributed by atoms with Crippen molar-refractivity contribution in [3.8, 4) is 0 Å². The van der Waals surface area contributed by atoms with Crippen molar-refractivity contribution in [2.45, 2.75) is 18.1 Å². The third kappa shape index (κ3) is 3.34. The Bertz CT molecular complexity index is 393. The van der Waals surface area contributed by atoms with Crippen molar-refractivity contribution in [2.75, 3.05) is 5.75 Å². The van der Waals surface area contributed by atoms with Crippen molar-refractivity contribution >= 4 is 29.4 Å². The van der Waals surface area contributed by atoms with Crippen LogP contribution in [0.4, 0.5) is 4.39 Å². The SMILES string of the molecule is CCSc1ccc(C(F)N=C=O)cc1Cl. The fourth-order valence-corrected chi connectivity index (χ4v) is 2.08. The van der Waals surface area contributed by atoms with Crippen LogP contribution in [0, 0.1) is 0 Å². The Morgan fingerprint density at radius 2 is 2.40 bits per heavy atom. The normalized spacial score (nSPS) is 11.9. The van der Waals surface area contributed by atoms with Gasteiger partial charge in [-0.3, -0.25) is 0 Å². The molecule has 15 heavy (non-hydrogen) atoms. The molecule has 1 atom stereocenters. The van der Waals surface area contributed by atoms with Crippen LogP contribution in [0.5, 0.6) is 0 Å². The molecule has 0 radical (unpaired) electrons. The van der Waals surface area contributed by atoms with Gasteiger partial charge in [-0.15, -0.1) is 11.8 Å². The number of halogens is 2. The van der Waals surface area contributed by atoms with Crippen LogP contribution in [-0.4, -0.2) is 11.8 Å². The monoisotopic (exact) mass is 245 g/mol. The van der Waals surface area contributed by atoms with E-state index in [-0.39, 0.29) is 5.56 Å². The Hall–Kier alpha value is -0.830. The third-order valence-electron chi connectivity index (χ3n) is 1.70. The van der Waals surface area contributed by atoms with Gasteiger partial charge in [-0.1, -0.05) is 24.6 Å². The number of hydrogen-bond donors (Lipinski definition) is 0. The molecule has 0 saturated carbocycles. The summed E-state index contributed by atoms with van der Waals surface area (Å²) in [7, 11) is 0. The molecule has 1 aromatic carbocycles. The maximum absolute atomic E-state index is 13.1. The van der Waals surface area contributed by atoms with Gasteiger partial charge in [0, 0.05) is 10.5 Å². The predicted octanol–water partition coefficient (Wildman–Crippen LogP) is 3.76. The van der Waals surface area contributed by atoms with Crippen LogP contribution in [0.15, 0.2) is 28.1 Å². The molecule has 0 aliphatic rings. The number of benzene rings is 1. The Labute approximate surface area is 96.5 Å². The van der Waals surface area contributed by atoms with Crippen molar-refractivity contribution < 1.29 is 9.18 Å². The average Bonchev–Trinajstić information content (AvgIpc) is 2.21. The molecule has 0 saturated heterocycles. The van der Waals surface area contributed by atoms with Gasteiger partial charge in [-0.2, -0.15) is 4.99 Å². The lowest BCUT2D eigenvalue weighted by molar-refractivity contribution is 0.356. The van der Waals surface area contributed by atoms with Gasteiger partial charge >= 0.3 is 0 Å². The number of thioether (sulfide) groups is 1. The van der Waals surface area contributed by atoms with Crippen molar-refractivity contribution in [3.05, 3.63) is 28.8 Å². The van der Waals surface area contributed by atoms with Crippen LogP contribution in [0.1, 0.15) is 18.8 Å². The Kier molecular flexibility index (Phi) is 4.82. The first kappa shape index (κ1) is 12.2. The topological polar surface area (TPSA) is 29.4 Å². The van der Waals surface area contributed by atoms with Crippen molar-refractivity contribution in [3.63, 3.8) is 0 Å². The number of isocyanates is 1.